The first-order chi connectivity index (χ1) is 21.3. The van der Waals surface area contributed by atoms with E-state index < -0.39 is 60.2 Å². The third-order valence-electron chi connectivity index (χ3n) is 7.26. The predicted molar refractivity (Wildman–Crippen MR) is 149 cm³/mol. The predicted octanol–water partition coefficient (Wildman–Crippen LogP) is 4.18. The van der Waals surface area contributed by atoms with Gasteiger partial charge in [0.15, 0.2) is 41.1 Å². The number of urea groups is 1. The Morgan fingerprint density at radius 1 is 1.05 bits per heavy atom. The Morgan fingerprint density at radius 2 is 1.84 bits per heavy atom. The molecule has 13 nitrogen and oxygen atoms in total. The second-order valence-electron chi connectivity index (χ2n) is 10.2. The number of unbranched alkanes of at least 4 members (excludes halogenated alkanes) is 1. The molecular weight excluding hydrogens is 582 g/mol. The third-order valence-corrected chi connectivity index (χ3v) is 7.26. The number of benzene rings is 2. The summed E-state index contributed by atoms with van der Waals surface area (Å²) in [4.78, 5) is 37.0. The molecule has 44 heavy (non-hydrogen) atoms. The molecule has 2 aliphatic heterocycles. The van der Waals surface area contributed by atoms with E-state index in [0.29, 0.717) is 23.3 Å². The normalized spacial score (nSPS) is 22.6. The largest absolute Gasteiger partial charge is 0.487 e. The lowest BCUT2D eigenvalue weighted by molar-refractivity contribution is -0.152. The van der Waals surface area contributed by atoms with Gasteiger partial charge >= 0.3 is 12.0 Å². The van der Waals surface area contributed by atoms with Crippen LogP contribution in [0.25, 0.3) is 11.2 Å². The lowest BCUT2D eigenvalue weighted by Crippen LogP contribution is -2.33. The molecular formula is C29H28F2N6O7. The maximum Gasteiger partial charge on any atom is 0.339 e. The molecule has 0 saturated carbocycles. The highest BCUT2D eigenvalue weighted by atomic mass is 19.1. The van der Waals surface area contributed by atoms with Crippen LogP contribution in [0.1, 0.15) is 48.2 Å². The van der Waals surface area contributed by atoms with Crippen LogP contribution in [-0.4, -0.2) is 68.1 Å². The van der Waals surface area contributed by atoms with Gasteiger partial charge in [-0.2, -0.15) is 0 Å². The Kier molecular flexibility index (Phi) is 8.32. The van der Waals surface area contributed by atoms with Crippen LogP contribution in [0.4, 0.5) is 19.4 Å². The fourth-order valence-electron chi connectivity index (χ4n) is 5.12. The molecule has 230 valence electrons. The van der Waals surface area contributed by atoms with Gasteiger partial charge in [-0.1, -0.05) is 31.5 Å². The summed E-state index contributed by atoms with van der Waals surface area (Å²) in [6, 6.07) is 8.78. The third kappa shape index (κ3) is 5.76. The van der Waals surface area contributed by atoms with E-state index in [9.17, 15) is 23.5 Å². The Balaban J connectivity index is 1.28. The summed E-state index contributed by atoms with van der Waals surface area (Å²) in [5.74, 6) is -2.88. The van der Waals surface area contributed by atoms with Crippen molar-refractivity contribution in [2.75, 3.05) is 18.5 Å². The number of rotatable bonds is 10. The van der Waals surface area contributed by atoms with Gasteiger partial charge in [-0.25, -0.2) is 33.3 Å². The number of nitrogens with one attached hydrogen (secondary N) is 2. The molecule has 3 N–H and O–H groups in total. The first-order valence-corrected chi connectivity index (χ1v) is 13.9. The summed E-state index contributed by atoms with van der Waals surface area (Å²) < 4.78 is 54.2. The zero-order chi connectivity index (χ0) is 30.8. The van der Waals surface area contributed by atoms with E-state index >= 15 is 0 Å². The van der Waals surface area contributed by atoms with E-state index in [4.69, 9.17) is 18.9 Å². The van der Waals surface area contributed by atoms with E-state index in [1.807, 2.05) is 6.92 Å². The molecule has 4 aromatic rings. The Labute approximate surface area is 249 Å². The molecule has 15 heteroatoms. The number of anilines is 1. The van der Waals surface area contributed by atoms with Crippen molar-refractivity contribution in [2.45, 2.75) is 50.6 Å². The van der Waals surface area contributed by atoms with Gasteiger partial charge < -0.3 is 29.4 Å². The lowest BCUT2D eigenvalue weighted by atomic mass is 10.1. The van der Waals surface area contributed by atoms with Gasteiger partial charge in [-0.3, -0.25) is 9.88 Å². The molecule has 2 aromatic carbocycles. The minimum absolute atomic E-state index is 0.186. The highest BCUT2D eigenvalue weighted by Crippen LogP contribution is 2.45. The fourth-order valence-corrected chi connectivity index (χ4v) is 5.12. The number of carboxylic acids is 1. The van der Waals surface area contributed by atoms with Crippen molar-refractivity contribution < 1.29 is 42.4 Å². The molecule has 0 bridgehead atoms. The number of aromatic carboxylic acids is 1. The molecule has 2 saturated heterocycles. The summed E-state index contributed by atoms with van der Waals surface area (Å²) in [6.07, 6.45) is 0.303. The van der Waals surface area contributed by atoms with E-state index in [2.05, 4.69) is 25.6 Å². The zero-order valence-corrected chi connectivity index (χ0v) is 23.4. The summed E-state index contributed by atoms with van der Waals surface area (Å²) in [5, 5.41) is 14.9. The number of hydrogen-bond acceptors (Lipinski definition) is 9. The summed E-state index contributed by atoms with van der Waals surface area (Å²) in [5.41, 5.74) is 0.828. The van der Waals surface area contributed by atoms with Gasteiger partial charge in [0, 0.05) is 12.1 Å². The van der Waals surface area contributed by atoms with Crippen molar-refractivity contribution in [1.82, 2.24) is 24.8 Å². The molecule has 4 heterocycles. The number of fused-ring (bicyclic) bond motifs is 2. The standard InChI is InChI=1S/C29H28F2N6O7/c1-2-3-11-32-29(40)36-24-20-25(34-13-33-24)37(14-35-20)26-23-22(43-28(44-23)15-7-9-16(30)10-8-15)19(42-26)12-41-21-17(27(38)39)5-4-6-18(21)31/h4-10,13-14,19,22-23,26,28H,2-3,11-12H2,1H3,(H,38,39)(H2,32,33,34,36,40)/t19?,22?,23?,26?,28-/m0/s1. The van der Waals surface area contributed by atoms with E-state index in [1.54, 1.807) is 4.57 Å². The molecule has 6 rings (SSSR count). The molecule has 0 aliphatic carbocycles. The van der Waals surface area contributed by atoms with Crippen molar-refractivity contribution in [3.8, 4) is 5.75 Å². The SMILES string of the molecule is CCCCNC(=O)Nc1ncnc2c1ncn2C1OC(COc2c(F)cccc2C(=O)O)C2O[C@H](c3ccc(F)cc3)OC21. The number of nitrogens with zero attached hydrogens (tertiary/aromatic N) is 4. The summed E-state index contributed by atoms with van der Waals surface area (Å²) in [6.45, 7) is 2.23. The summed E-state index contributed by atoms with van der Waals surface area (Å²) in [7, 11) is 0. The topological polar surface area (TPSA) is 159 Å². The molecule has 2 amide bonds. The maximum absolute atomic E-state index is 14.6. The van der Waals surface area contributed by atoms with Crippen molar-refractivity contribution in [1.29, 1.82) is 0 Å². The van der Waals surface area contributed by atoms with Crippen LogP contribution in [0.2, 0.25) is 0 Å². The quantitative estimate of drug-likeness (QED) is 0.222. The van der Waals surface area contributed by atoms with Gasteiger partial charge in [-0.15, -0.1) is 0 Å². The number of carbonyl (C=O) groups is 2. The molecule has 0 radical (unpaired) electrons. The molecule has 4 unspecified atom stereocenters. The monoisotopic (exact) mass is 610 g/mol. The van der Waals surface area contributed by atoms with E-state index in [0.717, 1.165) is 18.9 Å². The van der Waals surface area contributed by atoms with Gasteiger partial charge in [0.2, 0.25) is 0 Å². The van der Waals surface area contributed by atoms with Gasteiger partial charge in [0.25, 0.3) is 0 Å². The Morgan fingerprint density at radius 3 is 2.61 bits per heavy atom. The minimum atomic E-state index is -1.35. The van der Waals surface area contributed by atoms with Crippen molar-refractivity contribution in [3.63, 3.8) is 0 Å². The first kappa shape index (κ1) is 29.3. The Bertz CT molecular complexity index is 1670. The van der Waals surface area contributed by atoms with Gasteiger partial charge in [-0.05, 0) is 30.7 Å². The molecule has 2 aromatic heterocycles. The number of hydrogen-bond donors (Lipinski definition) is 3. The minimum Gasteiger partial charge on any atom is -0.487 e. The van der Waals surface area contributed by atoms with Gasteiger partial charge in [0.05, 0.1) is 6.33 Å². The Hall–Kier alpha value is -4.73. The smallest absolute Gasteiger partial charge is 0.339 e. The molecule has 5 atom stereocenters. The second-order valence-corrected chi connectivity index (χ2v) is 10.2. The van der Waals surface area contributed by atoms with Crippen LogP contribution in [0.3, 0.4) is 0 Å². The number of ether oxygens (including phenoxy) is 4. The van der Waals surface area contributed by atoms with Crippen molar-refractivity contribution >= 4 is 29.0 Å². The van der Waals surface area contributed by atoms with Crippen LogP contribution in [-0.2, 0) is 14.2 Å². The number of para-hydroxylation sites is 1. The number of carbonyl (C=O) groups excluding carboxylic acids is 1. The second kappa shape index (κ2) is 12.5. The first-order valence-electron chi connectivity index (χ1n) is 13.9. The van der Waals surface area contributed by atoms with Crippen LogP contribution >= 0.6 is 0 Å². The fraction of sp³-hybridized carbons (Fsp3) is 0.345. The lowest BCUT2D eigenvalue weighted by Gasteiger charge is -2.22. The number of imidazole rings is 1. The molecule has 0 spiro atoms. The number of carboxylic acid groups (broad SMARTS) is 1. The summed E-state index contributed by atoms with van der Waals surface area (Å²) >= 11 is 0. The van der Waals surface area contributed by atoms with Crippen LogP contribution < -0.4 is 15.4 Å². The zero-order valence-electron chi connectivity index (χ0n) is 23.4. The average molecular weight is 611 g/mol. The number of amides is 2. The highest BCUT2D eigenvalue weighted by molar-refractivity contribution is 5.95. The molecule has 2 aliphatic rings. The maximum atomic E-state index is 14.6. The van der Waals surface area contributed by atoms with E-state index in [1.165, 1.54) is 49.1 Å². The van der Waals surface area contributed by atoms with Crippen molar-refractivity contribution in [3.05, 3.63) is 77.9 Å². The van der Waals surface area contributed by atoms with E-state index in [-0.39, 0.29) is 18.0 Å². The van der Waals surface area contributed by atoms with Crippen LogP contribution in [0.5, 0.6) is 5.75 Å². The van der Waals surface area contributed by atoms with Crippen LogP contribution in [0, 0.1) is 11.6 Å². The number of halogens is 2. The van der Waals surface area contributed by atoms with Crippen LogP contribution in [0.15, 0.2) is 55.1 Å². The highest BCUT2D eigenvalue weighted by Gasteiger charge is 2.54. The number of aromatic nitrogens is 4. The molecule has 2 fully saturated rings. The van der Waals surface area contributed by atoms with Gasteiger partial charge in [0.1, 0.15) is 42.6 Å². The van der Waals surface area contributed by atoms with Crippen molar-refractivity contribution in [2.24, 2.45) is 0 Å². The average Bonchev–Trinajstić information content (AvgIpc) is 3.72.